The lowest BCUT2D eigenvalue weighted by Gasteiger charge is -2.37. The van der Waals surface area contributed by atoms with E-state index in [2.05, 4.69) is 17.2 Å². The maximum absolute atomic E-state index is 12.5. The van der Waals surface area contributed by atoms with Gasteiger partial charge in [-0.2, -0.15) is 0 Å². The molecule has 0 aromatic carbocycles. The molecule has 1 amide bonds. The zero-order valence-corrected chi connectivity index (χ0v) is 12.0. The Bertz CT molecular complexity index is 446. The molecule has 0 radical (unpaired) electrons. The van der Waals surface area contributed by atoms with Crippen LogP contribution in [0.3, 0.4) is 0 Å². The Balaban J connectivity index is 2.09. The molecule has 20 heavy (non-hydrogen) atoms. The van der Waals surface area contributed by atoms with Gasteiger partial charge in [-0.15, -0.1) is 0 Å². The van der Waals surface area contributed by atoms with Crippen molar-refractivity contribution in [2.75, 3.05) is 25.0 Å². The summed E-state index contributed by atoms with van der Waals surface area (Å²) in [5.41, 5.74) is 0.450. The molecule has 0 aliphatic heterocycles. The highest BCUT2D eigenvalue weighted by atomic mass is 16.3. The van der Waals surface area contributed by atoms with Gasteiger partial charge in [0.25, 0.3) is 5.91 Å². The lowest BCUT2D eigenvalue weighted by atomic mass is 9.91. The number of anilines is 1. The minimum Gasteiger partial charge on any atom is -0.395 e. The van der Waals surface area contributed by atoms with Crippen molar-refractivity contribution in [1.29, 1.82) is 0 Å². The predicted molar refractivity (Wildman–Crippen MR) is 78.8 cm³/mol. The van der Waals surface area contributed by atoms with E-state index in [9.17, 15) is 4.79 Å². The first kappa shape index (κ1) is 14.8. The standard InChI is InChI=1S/C15H23N3O2/c1-2-9-16-14-8-4-7-13(17-14)15(20)18(10-11-19)12-5-3-6-12/h4,7-8,12,19H,2-3,5-6,9-11H2,1H3,(H,16,17). The molecular weight excluding hydrogens is 254 g/mol. The van der Waals surface area contributed by atoms with Crippen LogP contribution in [0.25, 0.3) is 0 Å². The number of aromatic nitrogens is 1. The van der Waals surface area contributed by atoms with Gasteiger partial charge in [-0.25, -0.2) is 4.98 Å². The van der Waals surface area contributed by atoms with Crippen LogP contribution in [0.15, 0.2) is 18.2 Å². The Morgan fingerprint density at radius 1 is 1.50 bits per heavy atom. The number of carbonyl (C=O) groups excluding carboxylic acids is 1. The Hall–Kier alpha value is -1.62. The molecule has 1 aromatic rings. The zero-order valence-electron chi connectivity index (χ0n) is 12.0. The molecule has 1 fully saturated rings. The number of nitrogens with zero attached hydrogens (tertiary/aromatic N) is 2. The summed E-state index contributed by atoms with van der Waals surface area (Å²) in [6, 6.07) is 5.72. The van der Waals surface area contributed by atoms with Crippen LogP contribution in [0, 0.1) is 0 Å². The second-order valence-electron chi connectivity index (χ2n) is 5.14. The van der Waals surface area contributed by atoms with Gasteiger partial charge in [-0.3, -0.25) is 4.79 Å². The van der Waals surface area contributed by atoms with Crippen LogP contribution in [-0.2, 0) is 0 Å². The van der Waals surface area contributed by atoms with Gasteiger partial charge in [0, 0.05) is 19.1 Å². The van der Waals surface area contributed by atoms with Gasteiger partial charge >= 0.3 is 0 Å². The number of rotatable bonds is 7. The number of carbonyl (C=O) groups is 1. The Morgan fingerprint density at radius 3 is 2.90 bits per heavy atom. The van der Waals surface area contributed by atoms with Crippen molar-refractivity contribution in [3.05, 3.63) is 23.9 Å². The first-order chi connectivity index (χ1) is 9.76. The van der Waals surface area contributed by atoms with Crippen molar-refractivity contribution < 1.29 is 9.90 Å². The number of amides is 1. The van der Waals surface area contributed by atoms with Crippen LogP contribution < -0.4 is 5.32 Å². The summed E-state index contributed by atoms with van der Waals surface area (Å²) >= 11 is 0. The second kappa shape index (κ2) is 7.24. The van der Waals surface area contributed by atoms with E-state index in [1.165, 1.54) is 0 Å². The van der Waals surface area contributed by atoms with Gasteiger partial charge in [0.2, 0.25) is 0 Å². The molecule has 0 unspecified atom stereocenters. The molecule has 2 rings (SSSR count). The molecular formula is C15H23N3O2. The highest BCUT2D eigenvalue weighted by Gasteiger charge is 2.29. The van der Waals surface area contributed by atoms with E-state index in [0.717, 1.165) is 38.0 Å². The SMILES string of the molecule is CCCNc1cccc(C(=O)N(CCO)C2CCC2)n1. The number of aliphatic hydroxyl groups excluding tert-OH is 1. The zero-order chi connectivity index (χ0) is 14.4. The van der Waals surface area contributed by atoms with E-state index < -0.39 is 0 Å². The third-order valence-electron chi connectivity index (χ3n) is 3.64. The summed E-state index contributed by atoms with van der Waals surface area (Å²) in [6.45, 7) is 3.31. The molecule has 110 valence electrons. The molecule has 0 saturated heterocycles. The summed E-state index contributed by atoms with van der Waals surface area (Å²) in [7, 11) is 0. The fourth-order valence-corrected chi connectivity index (χ4v) is 2.31. The van der Waals surface area contributed by atoms with Gasteiger partial charge in [0.05, 0.1) is 6.61 Å². The molecule has 0 spiro atoms. The third-order valence-corrected chi connectivity index (χ3v) is 3.64. The summed E-state index contributed by atoms with van der Waals surface area (Å²) < 4.78 is 0. The third kappa shape index (κ3) is 3.48. The smallest absolute Gasteiger partial charge is 0.272 e. The van der Waals surface area contributed by atoms with Gasteiger partial charge < -0.3 is 15.3 Å². The fraction of sp³-hybridized carbons (Fsp3) is 0.600. The topological polar surface area (TPSA) is 65.5 Å². The molecule has 5 heteroatoms. The summed E-state index contributed by atoms with van der Waals surface area (Å²) in [5.74, 6) is 0.652. The van der Waals surface area contributed by atoms with E-state index in [1.807, 2.05) is 12.1 Å². The first-order valence-corrected chi connectivity index (χ1v) is 7.39. The maximum atomic E-state index is 12.5. The molecule has 1 aliphatic carbocycles. The van der Waals surface area contributed by atoms with Gasteiger partial charge in [-0.05, 0) is 37.8 Å². The molecule has 1 heterocycles. The number of pyridine rings is 1. The maximum Gasteiger partial charge on any atom is 0.272 e. The van der Waals surface area contributed by atoms with Crippen molar-refractivity contribution in [3.8, 4) is 0 Å². The van der Waals surface area contributed by atoms with E-state index in [4.69, 9.17) is 5.11 Å². The summed E-state index contributed by atoms with van der Waals surface area (Å²) in [4.78, 5) is 18.6. The molecule has 0 bridgehead atoms. The largest absolute Gasteiger partial charge is 0.395 e. The normalized spacial score (nSPS) is 14.7. The van der Waals surface area contributed by atoms with E-state index in [-0.39, 0.29) is 18.6 Å². The van der Waals surface area contributed by atoms with Crippen LogP contribution in [0.5, 0.6) is 0 Å². The molecule has 5 nitrogen and oxygen atoms in total. The Labute approximate surface area is 120 Å². The van der Waals surface area contributed by atoms with Crippen molar-refractivity contribution >= 4 is 11.7 Å². The van der Waals surface area contributed by atoms with Crippen molar-refractivity contribution in [1.82, 2.24) is 9.88 Å². The van der Waals surface area contributed by atoms with Gasteiger partial charge in [-0.1, -0.05) is 13.0 Å². The molecule has 1 saturated carbocycles. The number of hydrogen-bond acceptors (Lipinski definition) is 4. The van der Waals surface area contributed by atoms with E-state index in [0.29, 0.717) is 12.2 Å². The van der Waals surface area contributed by atoms with Gasteiger partial charge in [0.15, 0.2) is 0 Å². The lowest BCUT2D eigenvalue weighted by Crippen LogP contribution is -2.45. The Kier molecular flexibility index (Phi) is 5.35. The van der Waals surface area contributed by atoms with Crippen molar-refractivity contribution in [2.45, 2.75) is 38.6 Å². The average molecular weight is 277 g/mol. The van der Waals surface area contributed by atoms with Crippen LogP contribution in [0.4, 0.5) is 5.82 Å². The molecule has 1 aliphatic rings. The first-order valence-electron chi connectivity index (χ1n) is 7.39. The van der Waals surface area contributed by atoms with E-state index >= 15 is 0 Å². The van der Waals surface area contributed by atoms with Crippen LogP contribution in [0.1, 0.15) is 43.1 Å². The van der Waals surface area contributed by atoms with E-state index in [1.54, 1.807) is 11.0 Å². The quantitative estimate of drug-likeness (QED) is 0.799. The summed E-state index contributed by atoms with van der Waals surface area (Å²) in [6.07, 6.45) is 4.23. The predicted octanol–water partition coefficient (Wildman–Crippen LogP) is 1.89. The fourth-order valence-electron chi connectivity index (χ4n) is 2.31. The van der Waals surface area contributed by atoms with Gasteiger partial charge in [0.1, 0.15) is 11.5 Å². The minimum atomic E-state index is -0.0797. The van der Waals surface area contributed by atoms with Crippen LogP contribution >= 0.6 is 0 Å². The number of hydrogen-bond donors (Lipinski definition) is 2. The number of nitrogens with one attached hydrogen (secondary N) is 1. The molecule has 0 atom stereocenters. The number of aliphatic hydroxyl groups is 1. The lowest BCUT2D eigenvalue weighted by molar-refractivity contribution is 0.0520. The highest BCUT2D eigenvalue weighted by molar-refractivity contribution is 5.93. The molecule has 2 N–H and O–H groups in total. The van der Waals surface area contributed by atoms with Crippen LogP contribution in [0.2, 0.25) is 0 Å². The van der Waals surface area contributed by atoms with Crippen molar-refractivity contribution in [2.24, 2.45) is 0 Å². The Morgan fingerprint density at radius 2 is 2.30 bits per heavy atom. The molecule has 1 aromatic heterocycles. The van der Waals surface area contributed by atoms with Crippen molar-refractivity contribution in [3.63, 3.8) is 0 Å². The average Bonchev–Trinajstić information content (AvgIpc) is 2.42. The highest BCUT2D eigenvalue weighted by Crippen LogP contribution is 2.25. The summed E-state index contributed by atoms with van der Waals surface area (Å²) in [5, 5.41) is 12.3. The second-order valence-corrected chi connectivity index (χ2v) is 5.14. The minimum absolute atomic E-state index is 0.00395. The monoisotopic (exact) mass is 277 g/mol. The van der Waals surface area contributed by atoms with Crippen LogP contribution in [-0.4, -0.2) is 46.6 Å².